The predicted molar refractivity (Wildman–Crippen MR) is 55.4 cm³/mol. The van der Waals surface area contributed by atoms with Gasteiger partial charge in [0.05, 0.1) is 13.2 Å². The molecule has 1 aromatic carbocycles. The van der Waals surface area contributed by atoms with Crippen molar-refractivity contribution in [2.75, 3.05) is 7.11 Å². The molecule has 0 N–H and O–H groups in total. The summed E-state index contributed by atoms with van der Waals surface area (Å²) in [6, 6.07) is 9.76. The molecule has 14 heavy (non-hydrogen) atoms. The van der Waals surface area contributed by atoms with Crippen LogP contribution in [0.1, 0.15) is 18.5 Å². The van der Waals surface area contributed by atoms with Crippen molar-refractivity contribution in [3.8, 4) is 0 Å². The van der Waals surface area contributed by atoms with E-state index in [-0.39, 0.29) is 6.04 Å². The molecular weight excluding hydrogens is 178 g/mol. The summed E-state index contributed by atoms with van der Waals surface area (Å²) in [7, 11) is 1.33. The van der Waals surface area contributed by atoms with Crippen molar-refractivity contribution in [1.82, 2.24) is 0 Å². The molecule has 0 radical (unpaired) electrons. The third-order valence-corrected chi connectivity index (χ3v) is 1.89. The summed E-state index contributed by atoms with van der Waals surface area (Å²) in [5, 5.41) is 0. The molecule has 0 fully saturated rings. The lowest BCUT2D eigenvalue weighted by atomic mass is 10.1. The monoisotopic (exact) mass is 191 g/mol. The number of carbonyl (C=O) groups excluding carboxylic acids is 1. The molecule has 1 aromatic rings. The first-order valence-electron chi connectivity index (χ1n) is 4.40. The van der Waals surface area contributed by atoms with Gasteiger partial charge < -0.3 is 4.74 Å². The molecule has 0 bridgehead atoms. The van der Waals surface area contributed by atoms with Crippen molar-refractivity contribution < 1.29 is 9.53 Å². The lowest BCUT2D eigenvalue weighted by Gasteiger charge is -2.04. The van der Waals surface area contributed by atoms with Gasteiger partial charge in [0.25, 0.3) is 0 Å². The van der Waals surface area contributed by atoms with Gasteiger partial charge in [-0.15, -0.1) is 0 Å². The maximum absolute atomic E-state index is 10.8. The van der Waals surface area contributed by atoms with Crippen LogP contribution in [0, 0.1) is 0 Å². The van der Waals surface area contributed by atoms with Crippen molar-refractivity contribution in [3.63, 3.8) is 0 Å². The van der Waals surface area contributed by atoms with Gasteiger partial charge in [-0.1, -0.05) is 30.3 Å². The Hall–Kier alpha value is -1.64. The molecule has 1 atom stereocenters. The van der Waals surface area contributed by atoms with Crippen LogP contribution in [0.15, 0.2) is 35.3 Å². The molecule has 1 rings (SSSR count). The minimum Gasteiger partial charge on any atom is -0.465 e. The Bertz CT molecular complexity index is 319. The smallest absolute Gasteiger partial charge is 0.348 e. The standard InChI is InChI=1S/C11H13NO2/c1-9(12-8-11(13)14-2)10-6-4-3-5-7-10/h3-9H,1-2H3. The van der Waals surface area contributed by atoms with Gasteiger partial charge in [-0.2, -0.15) is 0 Å². The van der Waals surface area contributed by atoms with Crippen LogP contribution in [-0.4, -0.2) is 19.3 Å². The number of hydrogen-bond acceptors (Lipinski definition) is 3. The normalized spacial score (nSPS) is 12.7. The molecule has 1 unspecified atom stereocenters. The molecule has 74 valence electrons. The Morgan fingerprint density at radius 3 is 2.64 bits per heavy atom. The Balaban J connectivity index is 2.63. The molecule has 0 aliphatic rings. The minimum atomic E-state index is -0.423. The van der Waals surface area contributed by atoms with Crippen molar-refractivity contribution in [2.45, 2.75) is 13.0 Å². The fraction of sp³-hybridized carbons (Fsp3) is 0.273. The molecule has 0 spiro atoms. The van der Waals surface area contributed by atoms with E-state index in [9.17, 15) is 4.79 Å². The average Bonchev–Trinajstić information content (AvgIpc) is 2.26. The highest BCUT2D eigenvalue weighted by Gasteiger charge is 2.01. The Morgan fingerprint density at radius 2 is 2.07 bits per heavy atom. The van der Waals surface area contributed by atoms with Gasteiger partial charge in [-0.05, 0) is 12.5 Å². The summed E-state index contributed by atoms with van der Waals surface area (Å²) in [6.45, 7) is 1.93. The predicted octanol–water partition coefficient (Wildman–Crippen LogP) is 1.99. The van der Waals surface area contributed by atoms with Gasteiger partial charge in [0.2, 0.25) is 0 Å². The number of methoxy groups -OCH3 is 1. The number of hydrogen-bond donors (Lipinski definition) is 0. The topological polar surface area (TPSA) is 38.7 Å². The summed E-state index contributed by atoms with van der Waals surface area (Å²) >= 11 is 0. The van der Waals surface area contributed by atoms with Gasteiger partial charge in [0.15, 0.2) is 0 Å². The summed E-state index contributed by atoms with van der Waals surface area (Å²) in [4.78, 5) is 14.8. The number of benzene rings is 1. The van der Waals surface area contributed by atoms with Crippen molar-refractivity contribution in [2.24, 2.45) is 4.99 Å². The molecule has 0 aromatic heterocycles. The lowest BCUT2D eigenvalue weighted by Crippen LogP contribution is -2.02. The largest absolute Gasteiger partial charge is 0.465 e. The molecule has 0 saturated heterocycles. The van der Waals surface area contributed by atoms with E-state index in [2.05, 4.69) is 9.73 Å². The van der Waals surface area contributed by atoms with Gasteiger partial charge in [-0.25, -0.2) is 4.79 Å². The first kappa shape index (κ1) is 10.4. The van der Waals surface area contributed by atoms with Crippen LogP contribution in [0.4, 0.5) is 0 Å². The maximum Gasteiger partial charge on any atom is 0.348 e. The third kappa shape index (κ3) is 3.01. The molecule has 0 aliphatic heterocycles. The summed E-state index contributed by atoms with van der Waals surface area (Å²) in [5.74, 6) is -0.423. The molecular formula is C11H13NO2. The van der Waals surface area contributed by atoms with Crippen LogP contribution in [0.2, 0.25) is 0 Å². The second-order valence-corrected chi connectivity index (χ2v) is 2.89. The summed E-state index contributed by atoms with van der Waals surface area (Å²) < 4.78 is 4.45. The van der Waals surface area contributed by atoms with Gasteiger partial charge >= 0.3 is 5.97 Å². The molecule has 0 saturated carbocycles. The number of esters is 1. The van der Waals surface area contributed by atoms with Gasteiger partial charge in [-0.3, -0.25) is 4.99 Å². The highest BCUT2D eigenvalue weighted by atomic mass is 16.5. The SMILES string of the molecule is COC(=O)C=NC(C)c1ccccc1. The zero-order valence-corrected chi connectivity index (χ0v) is 8.31. The zero-order valence-electron chi connectivity index (χ0n) is 8.31. The maximum atomic E-state index is 10.8. The Kier molecular flexibility index (Phi) is 3.85. The number of aliphatic imine (C=N–C) groups is 1. The van der Waals surface area contributed by atoms with E-state index in [1.54, 1.807) is 0 Å². The van der Waals surface area contributed by atoms with E-state index in [4.69, 9.17) is 0 Å². The third-order valence-electron chi connectivity index (χ3n) is 1.89. The van der Waals surface area contributed by atoms with Crippen LogP contribution < -0.4 is 0 Å². The zero-order chi connectivity index (χ0) is 10.4. The number of nitrogens with zero attached hydrogens (tertiary/aromatic N) is 1. The molecule has 3 heteroatoms. The molecule has 0 amide bonds. The van der Waals surface area contributed by atoms with Crippen LogP contribution in [0.3, 0.4) is 0 Å². The molecule has 3 nitrogen and oxygen atoms in total. The van der Waals surface area contributed by atoms with Crippen molar-refractivity contribution in [1.29, 1.82) is 0 Å². The van der Waals surface area contributed by atoms with Crippen molar-refractivity contribution in [3.05, 3.63) is 35.9 Å². The summed E-state index contributed by atoms with van der Waals surface area (Å²) in [6.07, 6.45) is 1.21. The van der Waals surface area contributed by atoms with Crippen molar-refractivity contribution >= 4 is 12.2 Å². The fourth-order valence-corrected chi connectivity index (χ4v) is 1.04. The Morgan fingerprint density at radius 1 is 1.43 bits per heavy atom. The van der Waals surface area contributed by atoms with Crippen LogP contribution in [-0.2, 0) is 9.53 Å². The number of rotatable bonds is 3. The second-order valence-electron chi connectivity index (χ2n) is 2.89. The van der Waals surface area contributed by atoms with Gasteiger partial charge in [0.1, 0.15) is 6.21 Å². The molecule has 0 heterocycles. The number of ether oxygens (including phenoxy) is 1. The second kappa shape index (κ2) is 5.17. The van der Waals surface area contributed by atoms with Crippen LogP contribution in [0.25, 0.3) is 0 Å². The van der Waals surface area contributed by atoms with E-state index in [0.717, 1.165) is 5.56 Å². The van der Waals surface area contributed by atoms with E-state index in [1.165, 1.54) is 13.3 Å². The van der Waals surface area contributed by atoms with Crippen LogP contribution in [0.5, 0.6) is 0 Å². The van der Waals surface area contributed by atoms with E-state index in [0.29, 0.717) is 0 Å². The first-order chi connectivity index (χ1) is 6.74. The van der Waals surface area contributed by atoms with E-state index in [1.807, 2.05) is 37.3 Å². The summed E-state index contributed by atoms with van der Waals surface area (Å²) in [5.41, 5.74) is 1.08. The minimum absolute atomic E-state index is 0.0182. The van der Waals surface area contributed by atoms with E-state index >= 15 is 0 Å². The highest BCUT2D eigenvalue weighted by Crippen LogP contribution is 2.14. The van der Waals surface area contributed by atoms with Crippen LogP contribution >= 0.6 is 0 Å². The average molecular weight is 191 g/mol. The quantitative estimate of drug-likeness (QED) is 0.541. The highest BCUT2D eigenvalue weighted by molar-refractivity contribution is 6.23. The van der Waals surface area contributed by atoms with E-state index < -0.39 is 5.97 Å². The lowest BCUT2D eigenvalue weighted by molar-refractivity contribution is -0.132. The fourth-order valence-electron chi connectivity index (χ4n) is 1.04. The van der Waals surface area contributed by atoms with Gasteiger partial charge in [0, 0.05) is 0 Å². The number of carbonyl (C=O) groups is 1. The Labute approximate surface area is 83.4 Å². The first-order valence-corrected chi connectivity index (χ1v) is 4.40. The molecule has 0 aliphatic carbocycles.